The van der Waals surface area contributed by atoms with E-state index < -0.39 is 0 Å². The monoisotopic (exact) mass is 287 g/mol. The SMILES string of the molecule is Cn1nc(C2CC2)c2c(CN3CCNCC3)cc(=O)[nH]c21. The quantitative estimate of drug-likeness (QED) is 0.865. The molecule has 6 nitrogen and oxygen atoms in total. The Morgan fingerprint density at radius 3 is 2.81 bits per heavy atom. The van der Waals surface area contributed by atoms with Crippen molar-refractivity contribution in [3.8, 4) is 0 Å². The van der Waals surface area contributed by atoms with E-state index in [0.717, 1.165) is 43.9 Å². The van der Waals surface area contributed by atoms with Crippen molar-refractivity contribution in [1.29, 1.82) is 0 Å². The summed E-state index contributed by atoms with van der Waals surface area (Å²) < 4.78 is 1.83. The molecular formula is C15H21N5O. The van der Waals surface area contributed by atoms with Gasteiger partial charge in [0.2, 0.25) is 5.56 Å². The van der Waals surface area contributed by atoms with Gasteiger partial charge in [-0.15, -0.1) is 0 Å². The highest BCUT2D eigenvalue weighted by atomic mass is 16.1. The van der Waals surface area contributed by atoms with Crippen LogP contribution in [0.1, 0.15) is 30.0 Å². The van der Waals surface area contributed by atoms with Gasteiger partial charge in [-0.2, -0.15) is 5.10 Å². The van der Waals surface area contributed by atoms with Gasteiger partial charge in [0.15, 0.2) is 0 Å². The Kier molecular flexibility index (Phi) is 3.08. The van der Waals surface area contributed by atoms with Crippen molar-refractivity contribution >= 4 is 11.0 Å². The maximum Gasteiger partial charge on any atom is 0.249 e. The zero-order valence-electron chi connectivity index (χ0n) is 12.4. The minimum atomic E-state index is -0.0296. The number of H-pyrrole nitrogens is 1. The van der Waals surface area contributed by atoms with E-state index in [-0.39, 0.29) is 5.56 Å². The number of nitrogens with one attached hydrogen (secondary N) is 2. The van der Waals surface area contributed by atoms with Crippen LogP contribution in [-0.2, 0) is 13.6 Å². The number of rotatable bonds is 3. The molecular weight excluding hydrogens is 266 g/mol. The second kappa shape index (κ2) is 4.96. The molecule has 3 heterocycles. The van der Waals surface area contributed by atoms with E-state index in [9.17, 15) is 4.79 Å². The number of piperazine rings is 1. The van der Waals surface area contributed by atoms with E-state index >= 15 is 0 Å². The Bertz CT molecular complexity index is 721. The fourth-order valence-corrected chi connectivity index (χ4v) is 3.27. The van der Waals surface area contributed by atoms with Gasteiger partial charge in [-0.25, -0.2) is 0 Å². The van der Waals surface area contributed by atoms with Crippen LogP contribution in [0.25, 0.3) is 11.0 Å². The first-order valence-electron chi connectivity index (χ1n) is 7.74. The van der Waals surface area contributed by atoms with Crippen molar-refractivity contribution in [3.05, 3.63) is 27.7 Å². The summed E-state index contributed by atoms with van der Waals surface area (Å²) in [5.41, 5.74) is 3.15. The van der Waals surface area contributed by atoms with E-state index in [4.69, 9.17) is 0 Å². The van der Waals surface area contributed by atoms with Gasteiger partial charge in [0.25, 0.3) is 0 Å². The largest absolute Gasteiger partial charge is 0.314 e. The zero-order chi connectivity index (χ0) is 14.4. The molecule has 21 heavy (non-hydrogen) atoms. The van der Waals surface area contributed by atoms with Crippen LogP contribution in [0.5, 0.6) is 0 Å². The van der Waals surface area contributed by atoms with Crippen molar-refractivity contribution in [1.82, 2.24) is 25.0 Å². The third kappa shape index (κ3) is 2.38. The summed E-state index contributed by atoms with van der Waals surface area (Å²) in [6.07, 6.45) is 2.44. The summed E-state index contributed by atoms with van der Waals surface area (Å²) in [6.45, 7) is 4.96. The van der Waals surface area contributed by atoms with E-state index in [1.54, 1.807) is 6.07 Å². The third-order valence-electron chi connectivity index (χ3n) is 4.51. The van der Waals surface area contributed by atoms with Crippen molar-refractivity contribution in [2.24, 2.45) is 7.05 Å². The molecule has 2 fully saturated rings. The number of pyridine rings is 1. The Morgan fingerprint density at radius 2 is 2.10 bits per heavy atom. The van der Waals surface area contributed by atoms with Crippen molar-refractivity contribution in [2.45, 2.75) is 25.3 Å². The molecule has 0 atom stereocenters. The number of aromatic nitrogens is 3. The average molecular weight is 287 g/mol. The fraction of sp³-hybridized carbons (Fsp3) is 0.600. The summed E-state index contributed by atoms with van der Waals surface area (Å²) in [6, 6.07) is 1.76. The molecule has 4 rings (SSSR count). The predicted octanol–water partition coefficient (Wildman–Crippen LogP) is 0.544. The maximum atomic E-state index is 12.0. The first-order chi connectivity index (χ1) is 10.2. The lowest BCUT2D eigenvalue weighted by molar-refractivity contribution is 0.234. The molecule has 0 radical (unpaired) electrons. The number of fused-ring (bicyclic) bond motifs is 1. The molecule has 6 heteroatoms. The van der Waals surface area contributed by atoms with Crippen LogP contribution in [0.15, 0.2) is 10.9 Å². The van der Waals surface area contributed by atoms with Crippen molar-refractivity contribution < 1.29 is 0 Å². The smallest absolute Gasteiger partial charge is 0.249 e. The summed E-state index contributed by atoms with van der Waals surface area (Å²) in [4.78, 5) is 17.3. The van der Waals surface area contributed by atoms with Crippen LogP contribution in [0.2, 0.25) is 0 Å². The molecule has 1 saturated heterocycles. The third-order valence-corrected chi connectivity index (χ3v) is 4.51. The number of aryl methyl sites for hydroxylation is 1. The number of hydrogen-bond donors (Lipinski definition) is 2. The number of hydrogen-bond acceptors (Lipinski definition) is 4. The second-order valence-electron chi connectivity index (χ2n) is 6.19. The molecule has 2 aliphatic rings. The lowest BCUT2D eigenvalue weighted by Crippen LogP contribution is -2.43. The van der Waals surface area contributed by atoms with E-state index in [1.807, 2.05) is 11.7 Å². The van der Waals surface area contributed by atoms with Gasteiger partial charge in [-0.1, -0.05) is 0 Å². The van der Waals surface area contributed by atoms with Crippen LogP contribution >= 0.6 is 0 Å². The van der Waals surface area contributed by atoms with Crippen molar-refractivity contribution in [3.63, 3.8) is 0 Å². The summed E-state index contributed by atoms with van der Waals surface area (Å²) in [7, 11) is 1.92. The van der Waals surface area contributed by atoms with E-state index in [0.29, 0.717) is 5.92 Å². The molecule has 2 aromatic heterocycles. The summed E-state index contributed by atoms with van der Waals surface area (Å²) in [5.74, 6) is 0.585. The lowest BCUT2D eigenvalue weighted by Gasteiger charge is -2.27. The molecule has 2 N–H and O–H groups in total. The van der Waals surface area contributed by atoms with Gasteiger partial charge in [0, 0.05) is 57.1 Å². The highest BCUT2D eigenvalue weighted by Gasteiger charge is 2.30. The topological polar surface area (TPSA) is 66.0 Å². The van der Waals surface area contributed by atoms with Gasteiger partial charge in [0.05, 0.1) is 5.69 Å². The van der Waals surface area contributed by atoms with E-state index in [2.05, 4.69) is 20.3 Å². The molecule has 0 amide bonds. The Hall–Kier alpha value is -1.66. The van der Waals surface area contributed by atoms with Crippen molar-refractivity contribution in [2.75, 3.05) is 26.2 Å². The Labute approximate surface area is 123 Å². The van der Waals surface area contributed by atoms with Crippen LogP contribution in [-0.4, -0.2) is 45.8 Å². The van der Waals surface area contributed by atoms with Crippen LogP contribution in [0.3, 0.4) is 0 Å². The van der Waals surface area contributed by atoms with Gasteiger partial charge in [-0.05, 0) is 18.4 Å². The van der Waals surface area contributed by atoms with Gasteiger partial charge in [-0.3, -0.25) is 14.4 Å². The standard InChI is InChI=1S/C15H21N5O/c1-19-15-13(14(18-19)10-2-3-10)11(8-12(21)17-15)9-20-6-4-16-5-7-20/h8,10,16H,2-7,9H2,1H3,(H,17,21). The molecule has 1 saturated carbocycles. The molecule has 0 unspecified atom stereocenters. The Morgan fingerprint density at radius 1 is 1.33 bits per heavy atom. The van der Waals surface area contributed by atoms with E-state index in [1.165, 1.54) is 23.9 Å². The summed E-state index contributed by atoms with van der Waals surface area (Å²) >= 11 is 0. The molecule has 0 bridgehead atoms. The number of aromatic amines is 1. The molecule has 112 valence electrons. The minimum absolute atomic E-state index is 0.0296. The number of nitrogens with zero attached hydrogens (tertiary/aromatic N) is 3. The van der Waals surface area contributed by atoms with Crippen LogP contribution in [0, 0.1) is 0 Å². The van der Waals surface area contributed by atoms with Gasteiger partial charge >= 0.3 is 0 Å². The molecule has 2 aromatic rings. The first kappa shape index (κ1) is 13.0. The highest BCUT2D eigenvalue weighted by Crippen LogP contribution is 2.42. The molecule has 1 aliphatic carbocycles. The maximum absolute atomic E-state index is 12.0. The molecule has 0 aromatic carbocycles. The second-order valence-corrected chi connectivity index (χ2v) is 6.19. The van der Waals surface area contributed by atoms with Gasteiger partial charge < -0.3 is 10.3 Å². The predicted molar refractivity (Wildman–Crippen MR) is 81.5 cm³/mol. The van der Waals surface area contributed by atoms with Crippen LogP contribution in [0.4, 0.5) is 0 Å². The highest BCUT2D eigenvalue weighted by molar-refractivity contribution is 5.83. The zero-order valence-corrected chi connectivity index (χ0v) is 12.4. The average Bonchev–Trinajstić information content (AvgIpc) is 3.26. The minimum Gasteiger partial charge on any atom is -0.314 e. The molecule has 1 aliphatic heterocycles. The normalized spacial score (nSPS) is 20.2. The lowest BCUT2D eigenvalue weighted by atomic mass is 10.1. The summed E-state index contributed by atoms with van der Waals surface area (Å²) in [5, 5.41) is 9.21. The van der Waals surface area contributed by atoms with Gasteiger partial charge in [0.1, 0.15) is 5.65 Å². The Balaban J connectivity index is 1.80. The molecule has 0 spiro atoms. The first-order valence-corrected chi connectivity index (χ1v) is 7.74. The fourth-order valence-electron chi connectivity index (χ4n) is 3.27. The van der Waals surface area contributed by atoms with Crippen LogP contribution < -0.4 is 10.9 Å².